The van der Waals surface area contributed by atoms with Crippen molar-refractivity contribution in [3.63, 3.8) is 0 Å². The third-order valence-electron chi connectivity index (χ3n) is 3.94. The van der Waals surface area contributed by atoms with Gasteiger partial charge in [-0.25, -0.2) is 4.99 Å². The van der Waals surface area contributed by atoms with Crippen molar-refractivity contribution in [3.8, 4) is 0 Å². The first-order valence-corrected chi connectivity index (χ1v) is 8.89. The SMILES string of the molecule is Cc1ccc(Cl)cc1NC(=O)CC1N=C(/N=C(\N)Nc2ccccc2)NC1=O. The Morgan fingerprint density at radius 2 is 2.00 bits per heavy atom. The number of rotatable bonds is 4. The molecule has 2 aromatic carbocycles. The lowest BCUT2D eigenvalue weighted by Gasteiger charge is -2.09. The third kappa shape index (κ3) is 5.08. The summed E-state index contributed by atoms with van der Waals surface area (Å²) in [6.07, 6.45) is -0.122. The van der Waals surface area contributed by atoms with Gasteiger partial charge in [0.1, 0.15) is 6.04 Å². The number of carbonyl (C=O) groups excluding carboxylic acids is 2. The maximum atomic E-state index is 12.3. The van der Waals surface area contributed by atoms with Crippen LogP contribution < -0.4 is 21.7 Å². The Labute approximate surface area is 166 Å². The number of anilines is 2. The number of halogens is 1. The van der Waals surface area contributed by atoms with Crippen molar-refractivity contribution < 1.29 is 9.59 Å². The van der Waals surface area contributed by atoms with E-state index in [0.29, 0.717) is 10.7 Å². The molecule has 2 amide bonds. The zero-order valence-electron chi connectivity index (χ0n) is 15.1. The van der Waals surface area contributed by atoms with Gasteiger partial charge in [-0.1, -0.05) is 35.9 Å². The Hall–Kier alpha value is -3.39. The molecular formula is C19H19ClN6O2. The number of benzene rings is 2. The first-order valence-electron chi connectivity index (χ1n) is 8.51. The predicted molar refractivity (Wildman–Crippen MR) is 110 cm³/mol. The number of nitrogens with zero attached hydrogens (tertiary/aromatic N) is 2. The molecule has 0 bridgehead atoms. The zero-order chi connectivity index (χ0) is 20.1. The molecule has 3 rings (SSSR count). The van der Waals surface area contributed by atoms with E-state index >= 15 is 0 Å². The van der Waals surface area contributed by atoms with Gasteiger partial charge in [0.25, 0.3) is 5.91 Å². The van der Waals surface area contributed by atoms with Crippen LogP contribution in [0.4, 0.5) is 11.4 Å². The van der Waals surface area contributed by atoms with Gasteiger partial charge in [0.2, 0.25) is 17.8 Å². The predicted octanol–water partition coefficient (Wildman–Crippen LogP) is 2.26. The van der Waals surface area contributed by atoms with Gasteiger partial charge in [-0.3, -0.25) is 14.9 Å². The number of hydrogen-bond donors (Lipinski definition) is 4. The number of amides is 2. The Bertz CT molecular complexity index is 958. The Balaban J connectivity index is 1.62. The standard InChI is InChI=1S/C19H19ClN6O2/c1-11-7-8-12(20)9-14(11)23-16(27)10-15-17(28)25-19(24-15)26-18(21)22-13-5-3-2-4-6-13/h2-9,15H,10H2,1H3,(H,23,27)(H4,21,22,24,25,26,28). The molecule has 0 aromatic heterocycles. The van der Waals surface area contributed by atoms with Crippen LogP contribution >= 0.6 is 11.6 Å². The molecule has 0 radical (unpaired) electrons. The summed E-state index contributed by atoms with van der Waals surface area (Å²) in [6, 6.07) is 13.5. The Morgan fingerprint density at radius 3 is 2.75 bits per heavy atom. The fourth-order valence-corrected chi connectivity index (χ4v) is 2.72. The lowest BCUT2D eigenvalue weighted by atomic mass is 10.1. The summed E-state index contributed by atoms with van der Waals surface area (Å²) in [4.78, 5) is 32.5. The molecule has 1 atom stereocenters. The highest BCUT2D eigenvalue weighted by Crippen LogP contribution is 2.20. The minimum absolute atomic E-state index is 0.0580. The van der Waals surface area contributed by atoms with E-state index in [1.165, 1.54) is 0 Å². The Kier molecular flexibility index (Phi) is 5.90. The summed E-state index contributed by atoms with van der Waals surface area (Å²) in [5.74, 6) is -0.633. The molecular weight excluding hydrogens is 380 g/mol. The summed E-state index contributed by atoms with van der Waals surface area (Å²) in [7, 11) is 0. The van der Waals surface area contributed by atoms with Gasteiger partial charge in [-0.05, 0) is 36.8 Å². The van der Waals surface area contributed by atoms with Crippen LogP contribution in [0.25, 0.3) is 0 Å². The van der Waals surface area contributed by atoms with Crippen LogP contribution in [0, 0.1) is 6.92 Å². The van der Waals surface area contributed by atoms with E-state index in [9.17, 15) is 9.59 Å². The minimum atomic E-state index is -0.872. The van der Waals surface area contributed by atoms with E-state index in [0.717, 1.165) is 11.3 Å². The van der Waals surface area contributed by atoms with Crippen molar-refractivity contribution in [2.24, 2.45) is 15.7 Å². The van der Waals surface area contributed by atoms with Gasteiger partial charge >= 0.3 is 0 Å². The molecule has 28 heavy (non-hydrogen) atoms. The number of guanidine groups is 2. The largest absolute Gasteiger partial charge is 0.369 e. The van der Waals surface area contributed by atoms with Crippen molar-refractivity contribution in [2.45, 2.75) is 19.4 Å². The molecule has 0 saturated heterocycles. The number of para-hydroxylation sites is 1. The zero-order valence-corrected chi connectivity index (χ0v) is 15.8. The molecule has 1 aliphatic rings. The molecule has 5 N–H and O–H groups in total. The maximum absolute atomic E-state index is 12.3. The second-order valence-electron chi connectivity index (χ2n) is 6.16. The molecule has 2 aromatic rings. The first-order chi connectivity index (χ1) is 13.4. The van der Waals surface area contributed by atoms with E-state index in [1.54, 1.807) is 18.2 Å². The number of aliphatic imine (C=N–C) groups is 2. The highest BCUT2D eigenvalue weighted by Gasteiger charge is 2.28. The molecule has 1 unspecified atom stereocenters. The molecule has 144 valence electrons. The molecule has 9 heteroatoms. The smallest absolute Gasteiger partial charge is 0.252 e. The lowest BCUT2D eigenvalue weighted by molar-refractivity contribution is -0.123. The van der Waals surface area contributed by atoms with Crippen molar-refractivity contribution in [1.29, 1.82) is 0 Å². The summed E-state index contributed by atoms with van der Waals surface area (Å²) < 4.78 is 0. The van der Waals surface area contributed by atoms with Crippen LogP contribution in [0.1, 0.15) is 12.0 Å². The van der Waals surface area contributed by atoms with E-state index in [-0.39, 0.29) is 24.2 Å². The van der Waals surface area contributed by atoms with Gasteiger partial charge in [0, 0.05) is 16.4 Å². The average molecular weight is 399 g/mol. The van der Waals surface area contributed by atoms with E-state index < -0.39 is 11.9 Å². The summed E-state index contributed by atoms with van der Waals surface area (Å²) in [6.45, 7) is 1.85. The molecule has 0 spiro atoms. The molecule has 1 aliphatic heterocycles. The van der Waals surface area contributed by atoms with Gasteiger partial charge in [0.05, 0.1) is 6.42 Å². The fraction of sp³-hybridized carbons (Fsp3) is 0.158. The quantitative estimate of drug-likeness (QED) is 0.466. The van der Waals surface area contributed by atoms with Crippen molar-refractivity contribution in [3.05, 3.63) is 59.1 Å². The first kappa shape index (κ1) is 19.4. The average Bonchev–Trinajstić information content (AvgIpc) is 2.97. The van der Waals surface area contributed by atoms with Crippen molar-refractivity contribution in [2.75, 3.05) is 10.6 Å². The third-order valence-corrected chi connectivity index (χ3v) is 4.18. The summed E-state index contributed by atoms with van der Waals surface area (Å²) in [5, 5.41) is 8.65. The van der Waals surface area contributed by atoms with Crippen LogP contribution in [-0.4, -0.2) is 29.8 Å². The number of hydrogen-bond acceptors (Lipinski definition) is 4. The van der Waals surface area contributed by atoms with Gasteiger partial charge in [-0.15, -0.1) is 0 Å². The number of nitrogens with one attached hydrogen (secondary N) is 3. The molecule has 0 saturated carbocycles. The van der Waals surface area contributed by atoms with Crippen LogP contribution in [0.15, 0.2) is 58.5 Å². The van der Waals surface area contributed by atoms with E-state index in [1.807, 2.05) is 37.3 Å². The van der Waals surface area contributed by atoms with Crippen molar-refractivity contribution in [1.82, 2.24) is 5.32 Å². The monoisotopic (exact) mass is 398 g/mol. The molecule has 1 heterocycles. The van der Waals surface area contributed by atoms with Crippen LogP contribution in [0.2, 0.25) is 5.02 Å². The van der Waals surface area contributed by atoms with Gasteiger partial charge < -0.3 is 16.4 Å². The van der Waals surface area contributed by atoms with Crippen LogP contribution in [-0.2, 0) is 9.59 Å². The number of aryl methyl sites for hydroxylation is 1. The van der Waals surface area contributed by atoms with Gasteiger partial charge in [0.15, 0.2) is 0 Å². The number of carbonyl (C=O) groups is 2. The second kappa shape index (κ2) is 8.53. The van der Waals surface area contributed by atoms with E-state index in [2.05, 4.69) is 25.9 Å². The minimum Gasteiger partial charge on any atom is -0.369 e. The van der Waals surface area contributed by atoms with Gasteiger partial charge in [-0.2, -0.15) is 4.99 Å². The topological polar surface area (TPSA) is 121 Å². The maximum Gasteiger partial charge on any atom is 0.252 e. The van der Waals surface area contributed by atoms with E-state index in [4.69, 9.17) is 17.3 Å². The molecule has 8 nitrogen and oxygen atoms in total. The normalized spacial score (nSPS) is 16.4. The Morgan fingerprint density at radius 1 is 1.25 bits per heavy atom. The highest BCUT2D eigenvalue weighted by molar-refractivity contribution is 6.31. The van der Waals surface area contributed by atoms with Crippen LogP contribution in [0.5, 0.6) is 0 Å². The second-order valence-corrected chi connectivity index (χ2v) is 6.59. The molecule has 0 aliphatic carbocycles. The fourth-order valence-electron chi connectivity index (χ4n) is 2.54. The van der Waals surface area contributed by atoms with Crippen molar-refractivity contribution >= 4 is 46.7 Å². The molecule has 0 fully saturated rings. The summed E-state index contributed by atoms with van der Waals surface area (Å²) >= 11 is 5.95. The highest BCUT2D eigenvalue weighted by atomic mass is 35.5. The van der Waals surface area contributed by atoms with Crippen LogP contribution in [0.3, 0.4) is 0 Å². The summed E-state index contributed by atoms with van der Waals surface area (Å²) in [5.41, 5.74) is 8.03. The number of nitrogens with two attached hydrogens (primary N) is 1. The lowest BCUT2D eigenvalue weighted by Crippen LogP contribution is -2.32.